The van der Waals surface area contributed by atoms with Crippen LogP contribution in [0.2, 0.25) is 0 Å². The monoisotopic (exact) mass is 239 g/mol. The van der Waals surface area contributed by atoms with Gasteiger partial charge in [-0.05, 0) is 27.2 Å². The van der Waals surface area contributed by atoms with Gasteiger partial charge in [-0.2, -0.15) is 0 Å². The summed E-state index contributed by atoms with van der Waals surface area (Å²) in [5.74, 6) is 0.242. The van der Waals surface area contributed by atoms with E-state index in [2.05, 4.69) is 5.32 Å². The van der Waals surface area contributed by atoms with E-state index in [4.69, 9.17) is 0 Å². The van der Waals surface area contributed by atoms with Crippen LogP contribution in [-0.4, -0.2) is 53.0 Å². The van der Waals surface area contributed by atoms with Gasteiger partial charge < -0.3 is 15.1 Å². The molecule has 0 radical (unpaired) electrons. The number of amides is 3. The van der Waals surface area contributed by atoms with Crippen LogP contribution in [-0.2, 0) is 4.79 Å². The van der Waals surface area contributed by atoms with Gasteiger partial charge in [-0.25, -0.2) is 4.79 Å². The Hall–Kier alpha value is -1.26. The Morgan fingerprint density at radius 2 is 2.06 bits per heavy atom. The van der Waals surface area contributed by atoms with Crippen molar-refractivity contribution < 1.29 is 9.59 Å². The zero-order valence-electron chi connectivity index (χ0n) is 10.8. The van der Waals surface area contributed by atoms with Crippen molar-refractivity contribution in [2.75, 3.05) is 19.6 Å². The third-order valence-electron chi connectivity index (χ3n) is 3.26. The van der Waals surface area contributed by atoms with Gasteiger partial charge in [-0.3, -0.25) is 4.79 Å². The van der Waals surface area contributed by atoms with Crippen LogP contribution in [0.4, 0.5) is 4.79 Å². The topological polar surface area (TPSA) is 52.7 Å². The maximum Gasteiger partial charge on any atom is 0.317 e. The zero-order chi connectivity index (χ0) is 12.6. The molecule has 96 valence electrons. The molecule has 3 amide bonds. The summed E-state index contributed by atoms with van der Waals surface area (Å²) in [5, 5.41) is 2.96. The second-order valence-electron chi connectivity index (χ2n) is 5.91. The van der Waals surface area contributed by atoms with Crippen LogP contribution < -0.4 is 5.32 Å². The molecule has 0 bridgehead atoms. The zero-order valence-corrected chi connectivity index (χ0v) is 10.8. The maximum atomic E-state index is 12.0. The molecule has 0 aliphatic carbocycles. The number of piperazine rings is 1. The van der Waals surface area contributed by atoms with Crippen LogP contribution in [0.25, 0.3) is 0 Å². The smallest absolute Gasteiger partial charge is 0.317 e. The van der Waals surface area contributed by atoms with Gasteiger partial charge in [-0.1, -0.05) is 0 Å². The highest BCUT2D eigenvalue weighted by Crippen LogP contribution is 2.22. The van der Waals surface area contributed by atoms with Gasteiger partial charge in [0, 0.05) is 37.6 Å². The highest BCUT2D eigenvalue weighted by atomic mass is 16.2. The Morgan fingerprint density at radius 3 is 2.71 bits per heavy atom. The minimum absolute atomic E-state index is 0.0171. The first-order chi connectivity index (χ1) is 7.87. The number of urea groups is 1. The van der Waals surface area contributed by atoms with E-state index in [-0.39, 0.29) is 23.5 Å². The fourth-order valence-corrected chi connectivity index (χ4v) is 2.45. The van der Waals surface area contributed by atoms with Gasteiger partial charge in [-0.15, -0.1) is 0 Å². The van der Waals surface area contributed by atoms with Crippen molar-refractivity contribution in [1.29, 1.82) is 0 Å². The van der Waals surface area contributed by atoms with Gasteiger partial charge in [0.25, 0.3) is 0 Å². The average molecular weight is 239 g/mol. The van der Waals surface area contributed by atoms with E-state index in [0.717, 1.165) is 6.42 Å². The van der Waals surface area contributed by atoms with Crippen LogP contribution in [0.15, 0.2) is 0 Å². The predicted octanol–water partition coefficient (Wildman–Crippen LogP) is 0.801. The summed E-state index contributed by atoms with van der Waals surface area (Å²) in [5.41, 5.74) is -0.209. The molecular weight excluding hydrogens is 218 g/mol. The highest BCUT2D eigenvalue weighted by Gasteiger charge is 2.37. The van der Waals surface area contributed by atoms with Crippen molar-refractivity contribution in [2.45, 2.75) is 45.2 Å². The fourth-order valence-electron chi connectivity index (χ4n) is 2.45. The minimum atomic E-state index is -0.209. The van der Waals surface area contributed by atoms with Crippen LogP contribution in [0.1, 0.15) is 33.6 Å². The van der Waals surface area contributed by atoms with Gasteiger partial charge in [0.2, 0.25) is 5.91 Å². The molecule has 0 aromatic rings. The first-order valence-corrected chi connectivity index (χ1v) is 6.23. The van der Waals surface area contributed by atoms with E-state index in [1.807, 2.05) is 30.6 Å². The van der Waals surface area contributed by atoms with Crippen LogP contribution >= 0.6 is 0 Å². The number of hydrogen-bond acceptors (Lipinski definition) is 2. The summed E-state index contributed by atoms with van der Waals surface area (Å²) < 4.78 is 0. The quantitative estimate of drug-likeness (QED) is 0.680. The summed E-state index contributed by atoms with van der Waals surface area (Å²) in [7, 11) is 0. The molecule has 5 heteroatoms. The fraction of sp³-hybridized carbons (Fsp3) is 0.833. The van der Waals surface area contributed by atoms with Crippen molar-refractivity contribution in [3.8, 4) is 0 Å². The normalized spacial score (nSPS) is 24.9. The summed E-state index contributed by atoms with van der Waals surface area (Å²) in [6.07, 6.45) is 1.53. The summed E-state index contributed by atoms with van der Waals surface area (Å²) in [6.45, 7) is 7.92. The molecule has 17 heavy (non-hydrogen) atoms. The third-order valence-corrected chi connectivity index (χ3v) is 3.26. The van der Waals surface area contributed by atoms with E-state index >= 15 is 0 Å². The minimum Gasteiger partial charge on any atom is -0.336 e. The predicted molar refractivity (Wildman–Crippen MR) is 64.6 cm³/mol. The lowest BCUT2D eigenvalue weighted by Crippen LogP contribution is -2.57. The van der Waals surface area contributed by atoms with E-state index in [1.165, 1.54) is 0 Å². The Kier molecular flexibility index (Phi) is 3.02. The van der Waals surface area contributed by atoms with Crippen molar-refractivity contribution in [3.05, 3.63) is 0 Å². The van der Waals surface area contributed by atoms with E-state index in [0.29, 0.717) is 26.1 Å². The molecule has 2 heterocycles. The van der Waals surface area contributed by atoms with Crippen molar-refractivity contribution >= 4 is 11.9 Å². The second kappa shape index (κ2) is 4.20. The molecule has 0 spiro atoms. The maximum absolute atomic E-state index is 12.0. The largest absolute Gasteiger partial charge is 0.336 e. The van der Waals surface area contributed by atoms with Gasteiger partial charge in [0.1, 0.15) is 0 Å². The first kappa shape index (κ1) is 12.2. The number of carbonyl (C=O) groups is 2. The number of carbonyl (C=O) groups excluding carboxylic acids is 2. The van der Waals surface area contributed by atoms with Crippen molar-refractivity contribution in [2.24, 2.45) is 0 Å². The van der Waals surface area contributed by atoms with Gasteiger partial charge in [0.05, 0.1) is 0 Å². The number of nitrogens with one attached hydrogen (secondary N) is 1. The summed E-state index contributed by atoms with van der Waals surface area (Å²) in [6, 6.07) is 0.221. The SMILES string of the molecule is CC(C)(C)NC(=O)N1CCN2C(=O)CCC2C1. The number of rotatable bonds is 0. The van der Waals surface area contributed by atoms with Crippen LogP contribution in [0, 0.1) is 0 Å². The average Bonchev–Trinajstić information content (AvgIpc) is 2.57. The molecule has 2 saturated heterocycles. The van der Waals surface area contributed by atoms with Crippen molar-refractivity contribution in [1.82, 2.24) is 15.1 Å². The van der Waals surface area contributed by atoms with Crippen LogP contribution in [0.5, 0.6) is 0 Å². The van der Waals surface area contributed by atoms with E-state index in [1.54, 1.807) is 0 Å². The van der Waals surface area contributed by atoms with Crippen molar-refractivity contribution in [3.63, 3.8) is 0 Å². The highest BCUT2D eigenvalue weighted by molar-refractivity contribution is 5.80. The second-order valence-corrected chi connectivity index (χ2v) is 5.91. The standard InChI is InChI=1S/C12H21N3O2/c1-12(2,3)13-11(17)14-6-7-15-9(8-14)4-5-10(15)16/h9H,4-8H2,1-3H3,(H,13,17). The summed E-state index contributed by atoms with van der Waals surface area (Å²) in [4.78, 5) is 27.3. The number of fused-ring (bicyclic) bond motifs is 1. The Bertz CT molecular complexity index is 335. The first-order valence-electron chi connectivity index (χ1n) is 6.23. The van der Waals surface area contributed by atoms with Gasteiger partial charge in [0.15, 0.2) is 0 Å². The lowest BCUT2D eigenvalue weighted by atomic mass is 10.1. The molecule has 1 unspecified atom stereocenters. The molecule has 1 N–H and O–H groups in total. The number of nitrogens with zero attached hydrogens (tertiary/aromatic N) is 2. The van der Waals surface area contributed by atoms with Gasteiger partial charge >= 0.3 is 6.03 Å². The van der Waals surface area contributed by atoms with Crippen LogP contribution in [0.3, 0.4) is 0 Å². The number of hydrogen-bond donors (Lipinski definition) is 1. The lowest BCUT2D eigenvalue weighted by Gasteiger charge is -2.38. The third kappa shape index (κ3) is 2.70. The molecule has 2 aliphatic heterocycles. The molecule has 0 aromatic carbocycles. The molecule has 2 rings (SSSR count). The molecule has 2 aliphatic rings. The molecular formula is C12H21N3O2. The summed E-state index contributed by atoms with van der Waals surface area (Å²) >= 11 is 0. The van der Waals surface area contributed by atoms with E-state index in [9.17, 15) is 9.59 Å². The lowest BCUT2D eigenvalue weighted by molar-refractivity contribution is -0.130. The molecule has 0 saturated carbocycles. The Labute approximate surface area is 102 Å². The molecule has 2 fully saturated rings. The Morgan fingerprint density at radius 1 is 1.35 bits per heavy atom. The molecule has 1 atom stereocenters. The Balaban J connectivity index is 1.93. The molecule has 0 aromatic heterocycles. The van der Waals surface area contributed by atoms with E-state index < -0.39 is 0 Å². The molecule has 5 nitrogen and oxygen atoms in total.